The molecule has 0 fully saturated rings. The molecule has 0 bridgehead atoms. The van der Waals surface area contributed by atoms with Crippen LogP contribution in [0.2, 0.25) is 0 Å². The number of nitrogens with zero attached hydrogens (tertiary/aromatic N) is 1. The highest BCUT2D eigenvalue weighted by Gasteiger charge is 2.15. The smallest absolute Gasteiger partial charge is 0.343 e. The number of nitrogens with one attached hydrogen (secondary N) is 1. The van der Waals surface area contributed by atoms with Gasteiger partial charge in [-0.3, -0.25) is 4.79 Å². The topological polar surface area (TPSA) is 95.5 Å². The maximum absolute atomic E-state index is 12.6. The molecule has 0 spiro atoms. The van der Waals surface area contributed by atoms with Crippen LogP contribution in [0, 0.1) is 0 Å². The first kappa shape index (κ1) is 28.9. The van der Waals surface area contributed by atoms with Crippen molar-refractivity contribution in [3.05, 3.63) is 108 Å². The Hall–Kier alpha value is -5.11. The second-order valence-corrected chi connectivity index (χ2v) is 9.06. The van der Waals surface area contributed by atoms with Crippen molar-refractivity contribution in [1.82, 2.24) is 5.43 Å². The zero-order valence-electron chi connectivity index (χ0n) is 23.2. The van der Waals surface area contributed by atoms with Gasteiger partial charge in [0.25, 0.3) is 5.91 Å². The number of hydrogen-bond donors (Lipinski definition) is 1. The minimum atomic E-state index is -0.765. The van der Waals surface area contributed by atoms with E-state index >= 15 is 0 Å². The molecule has 0 heterocycles. The molecule has 0 radical (unpaired) electrons. The van der Waals surface area contributed by atoms with Gasteiger partial charge in [-0.05, 0) is 84.6 Å². The maximum atomic E-state index is 12.6. The lowest BCUT2D eigenvalue weighted by atomic mass is 10.1. The molecule has 0 aliphatic carbocycles. The lowest BCUT2D eigenvalue weighted by Gasteiger charge is -2.13. The van der Waals surface area contributed by atoms with E-state index in [9.17, 15) is 9.59 Å². The molecular weight excluding hydrogens is 520 g/mol. The standard InChI is InChI=1S/C33H32N2O6/c1-4-20-39-28-15-13-27(14-16-28)33(37)41-30-19-10-24(21-31(30)38-3)22-34-35-32(36)23(2)40-29-17-11-26(12-18-29)25-8-6-5-7-9-25/h5-19,21-23H,4,20H2,1-3H3,(H,35,36)/b34-22-/t23-/m0/s1. The molecule has 41 heavy (non-hydrogen) atoms. The molecule has 1 N–H and O–H groups in total. The quantitative estimate of drug-likeness (QED) is 0.0961. The van der Waals surface area contributed by atoms with Gasteiger partial charge in [0, 0.05) is 0 Å². The third kappa shape index (κ3) is 8.19. The average Bonchev–Trinajstić information content (AvgIpc) is 3.01. The minimum Gasteiger partial charge on any atom is -0.494 e. The Morgan fingerprint density at radius 2 is 1.54 bits per heavy atom. The molecule has 8 nitrogen and oxygen atoms in total. The first-order chi connectivity index (χ1) is 20.0. The number of carbonyl (C=O) groups is 2. The summed E-state index contributed by atoms with van der Waals surface area (Å²) in [6.45, 7) is 4.28. The van der Waals surface area contributed by atoms with Gasteiger partial charge in [-0.2, -0.15) is 5.10 Å². The third-order valence-corrected chi connectivity index (χ3v) is 5.99. The lowest BCUT2D eigenvalue weighted by molar-refractivity contribution is -0.127. The number of hydrazone groups is 1. The van der Waals surface area contributed by atoms with Crippen molar-refractivity contribution in [3.63, 3.8) is 0 Å². The van der Waals surface area contributed by atoms with Gasteiger partial charge in [0.1, 0.15) is 11.5 Å². The van der Waals surface area contributed by atoms with Crippen LogP contribution in [0.1, 0.15) is 36.2 Å². The van der Waals surface area contributed by atoms with Crippen LogP contribution < -0.4 is 24.4 Å². The monoisotopic (exact) mass is 552 g/mol. The first-order valence-electron chi connectivity index (χ1n) is 13.2. The SMILES string of the molecule is CCCOc1ccc(C(=O)Oc2ccc(/C=N\NC(=O)[C@H](C)Oc3ccc(-c4ccccc4)cc3)cc2OC)cc1. The van der Waals surface area contributed by atoms with Crippen LogP contribution in [-0.4, -0.2) is 37.9 Å². The Labute approximate surface area is 239 Å². The van der Waals surface area contributed by atoms with Crippen molar-refractivity contribution in [2.75, 3.05) is 13.7 Å². The molecule has 1 amide bonds. The fourth-order valence-corrected chi connectivity index (χ4v) is 3.79. The van der Waals surface area contributed by atoms with E-state index in [-0.39, 0.29) is 5.75 Å². The highest BCUT2D eigenvalue weighted by Crippen LogP contribution is 2.29. The van der Waals surface area contributed by atoms with Crippen molar-refractivity contribution < 1.29 is 28.5 Å². The Kier molecular flexibility index (Phi) is 10.1. The van der Waals surface area contributed by atoms with E-state index < -0.39 is 18.0 Å². The van der Waals surface area contributed by atoms with Crippen molar-refractivity contribution in [2.45, 2.75) is 26.4 Å². The van der Waals surface area contributed by atoms with Crippen LogP contribution in [0.25, 0.3) is 11.1 Å². The third-order valence-electron chi connectivity index (χ3n) is 5.99. The number of benzene rings is 4. The molecule has 4 aromatic carbocycles. The summed E-state index contributed by atoms with van der Waals surface area (Å²) in [7, 11) is 1.47. The number of ether oxygens (including phenoxy) is 4. The second-order valence-electron chi connectivity index (χ2n) is 9.06. The van der Waals surface area contributed by atoms with Crippen molar-refractivity contribution >= 4 is 18.1 Å². The highest BCUT2D eigenvalue weighted by atomic mass is 16.6. The van der Waals surface area contributed by atoms with Crippen LogP contribution in [0.3, 0.4) is 0 Å². The Bertz CT molecular complexity index is 1470. The van der Waals surface area contributed by atoms with Crippen LogP contribution in [-0.2, 0) is 4.79 Å². The Morgan fingerprint density at radius 3 is 2.22 bits per heavy atom. The zero-order chi connectivity index (χ0) is 29.0. The zero-order valence-corrected chi connectivity index (χ0v) is 23.2. The van der Waals surface area contributed by atoms with E-state index in [1.807, 2.05) is 61.5 Å². The normalized spacial score (nSPS) is 11.5. The van der Waals surface area contributed by atoms with E-state index in [1.165, 1.54) is 13.3 Å². The van der Waals surface area contributed by atoms with Gasteiger partial charge in [-0.15, -0.1) is 0 Å². The summed E-state index contributed by atoms with van der Waals surface area (Å²) < 4.78 is 22.2. The highest BCUT2D eigenvalue weighted by molar-refractivity contribution is 5.92. The summed E-state index contributed by atoms with van der Waals surface area (Å²) in [5.74, 6) is 0.930. The van der Waals surface area contributed by atoms with E-state index in [0.29, 0.717) is 35.0 Å². The van der Waals surface area contributed by atoms with Crippen molar-refractivity contribution in [3.8, 4) is 34.1 Å². The lowest BCUT2D eigenvalue weighted by Crippen LogP contribution is -2.33. The summed E-state index contributed by atoms with van der Waals surface area (Å²) in [4.78, 5) is 25.1. The summed E-state index contributed by atoms with van der Waals surface area (Å²) in [5.41, 5.74) is 5.65. The molecule has 8 heteroatoms. The molecule has 0 unspecified atom stereocenters. The average molecular weight is 553 g/mol. The number of amides is 1. The van der Waals surface area contributed by atoms with Crippen LogP contribution in [0.5, 0.6) is 23.0 Å². The Morgan fingerprint density at radius 1 is 0.854 bits per heavy atom. The first-order valence-corrected chi connectivity index (χ1v) is 13.2. The summed E-state index contributed by atoms with van der Waals surface area (Å²) in [6, 6.07) is 29.2. The van der Waals surface area contributed by atoms with Crippen molar-refractivity contribution in [1.29, 1.82) is 0 Å². The van der Waals surface area contributed by atoms with Crippen LogP contribution in [0.15, 0.2) is 102 Å². The second kappa shape index (κ2) is 14.3. The van der Waals surface area contributed by atoms with Gasteiger partial charge in [-0.1, -0.05) is 49.4 Å². The predicted molar refractivity (Wildman–Crippen MR) is 158 cm³/mol. The molecule has 0 aliphatic heterocycles. The number of carbonyl (C=O) groups excluding carboxylic acids is 2. The van der Waals surface area contributed by atoms with Gasteiger partial charge in [0.05, 0.1) is 25.5 Å². The molecular formula is C33H32N2O6. The van der Waals surface area contributed by atoms with E-state index in [0.717, 1.165) is 17.5 Å². The molecule has 0 aliphatic rings. The van der Waals surface area contributed by atoms with E-state index in [2.05, 4.69) is 10.5 Å². The number of hydrogen-bond acceptors (Lipinski definition) is 7. The largest absolute Gasteiger partial charge is 0.494 e. The molecule has 4 aromatic rings. The summed E-state index contributed by atoms with van der Waals surface area (Å²) in [5, 5.41) is 4.02. The van der Waals surface area contributed by atoms with E-state index in [1.54, 1.807) is 49.4 Å². The molecule has 0 saturated heterocycles. The fourth-order valence-electron chi connectivity index (χ4n) is 3.79. The maximum Gasteiger partial charge on any atom is 0.343 e. The van der Waals surface area contributed by atoms with Crippen molar-refractivity contribution in [2.24, 2.45) is 5.10 Å². The van der Waals surface area contributed by atoms with Crippen LogP contribution >= 0.6 is 0 Å². The van der Waals surface area contributed by atoms with Gasteiger partial charge in [0.2, 0.25) is 0 Å². The molecule has 0 saturated carbocycles. The molecule has 4 rings (SSSR count). The minimum absolute atomic E-state index is 0.255. The number of esters is 1. The van der Waals surface area contributed by atoms with Gasteiger partial charge < -0.3 is 18.9 Å². The predicted octanol–water partition coefficient (Wildman–Crippen LogP) is 6.29. The molecule has 1 atom stereocenters. The van der Waals surface area contributed by atoms with E-state index in [4.69, 9.17) is 18.9 Å². The van der Waals surface area contributed by atoms with Crippen LogP contribution in [0.4, 0.5) is 0 Å². The summed E-state index contributed by atoms with van der Waals surface area (Å²) in [6.07, 6.45) is 1.59. The fraction of sp³-hybridized carbons (Fsp3) is 0.182. The molecule has 0 aromatic heterocycles. The number of rotatable bonds is 12. The Balaban J connectivity index is 1.30. The molecule has 210 valence electrons. The van der Waals surface area contributed by atoms with Gasteiger partial charge in [-0.25, -0.2) is 10.2 Å². The van der Waals surface area contributed by atoms with Gasteiger partial charge in [0.15, 0.2) is 17.6 Å². The number of methoxy groups -OCH3 is 1. The van der Waals surface area contributed by atoms with Gasteiger partial charge >= 0.3 is 5.97 Å². The summed E-state index contributed by atoms with van der Waals surface area (Å²) >= 11 is 0.